The van der Waals surface area contributed by atoms with Crippen LogP contribution in [0.25, 0.3) is 0 Å². The first-order chi connectivity index (χ1) is 12.7. The van der Waals surface area contributed by atoms with Gasteiger partial charge in [-0.2, -0.15) is 0 Å². The molecule has 0 unspecified atom stereocenters. The molecule has 0 bridgehead atoms. The zero-order valence-electron chi connectivity index (χ0n) is 15.4. The lowest BCUT2D eigenvalue weighted by molar-refractivity contribution is -0.137. The standard InChI is InChI=1S/C20H29N3O3/c24-19(23-9-3-4-10-23)16-25-18-13-20(26-15-18)6-11-22(12-7-20)14-17-5-1-2-8-21-17/h1-2,5,8,18H,3-4,6-7,9-16H2/t18-/m0/s1. The van der Waals surface area contributed by atoms with Crippen LogP contribution in [0.1, 0.15) is 37.8 Å². The summed E-state index contributed by atoms with van der Waals surface area (Å²) in [6, 6.07) is 6.08. The van der Waals surface area contributed by atoms with Crippen LogP contribution in [0.5, 0.6) is 0 Å². The van der Waals surface area contributed by atoms with Crippen molar-refractivity contribution in [3.63, 3.8) is 0 Å². The molecule has 3 aliphatic rings. The van der Waals surface area contributed by atoms with Crippen LogP contribution in [-0.4, -0.2) is 71.8 Å². The summed E-state index contributed by atoms with van der Waals surface area (Å²) in [6.07, 6.45) is 7.12. The maximum Gasteiger partial charge on any atom is 0.248 e. The third kappa shape index (κ3) is 4.24. The summed E-state index contributed by atoms with van der Waals surface area (Å²) in [5.74, 6) is 0.133. The second-order valence-corrected chi connectivity index (χ2v) is 7.82. The van der Waals surface area contributed by atoms with Crippen molar-refractivity contribution in [1.29, 1.82) is 0 Å². The molecule has 1 aromatic heterocycles. The molecule has 4 rings (SSSR count). The van der Waals surface area contributed by atoms with E-state index in [4.69, 9.17) is 9.47 Å². The maximum absolute atomic E-state index is 12.1. The highest BCUT2D eigenvalue weighted by molar-refractivity contribution is 5.77. The quantitative estimate of drug-likeness (QED) is 0.803. The van der Waals surface area contributed by atoms with Gasteiger partial charge in [-0.25, -0.2) is 0 Å². The summed E-state index contributed by atoms with van der Waals surface area (Å²) in [6.45, 7) is 5.55. The number of piperidine rings is 1. The van der Waals surface area contributed by atoms with Crippen LogP contribution in [0, 0.1) is 0 Å². The zero-order chi connectivity index (χ0) is 17.8. The number of aromatic nitrogens is 1. The highest BCUT2D eigenvalue weighted by Crippen LogP contribution is 2.37. The van der Waals surface area contributed by atoms with E-state index in [9.17, 15) is 4.79 Å². The summed E-state index contributed by atoms with van der Waals surface area (Å²) in [5.41, 5.74) is 1.07. The molecule has 0 aromatic carbocycles. The van der Waals surface area contributed by atoms with E-state index in [-0.39, 0.29) is 24.2 Å². The molecule has 1 atom stereocenters. The van der Waals surface area contributed by atoms with Gasteiger partial charge in [-0.1, -0.05) is 6.07 Å². The van der Waals surface area contributed by atoms with Crippen molar-refractivity contribution in [2.45, 2.75) is 50.4 Å². The van der Waals surface area contributed by atoms with Crippen LogP contribution in [0.3, 0.4) is 0 Å². The van der Waals surface area contributed by atoms with Crippen molar-refractivity contribution in [3.05, 3.63) is 30.1 Å². The first-order valence-corrected chi connectivity index (χ1v) is 9.88. The van der Waals surface area contributed by atoms with Crippen molar-refractivity contribution in [2.24, 2.45) is 0 Å². The largest absolute Gasteiger partial charge is 0.372 e. The smallest absolute Gasteiger partial charge is 0.248 e. The van der Waals surface area contributed by atoms with E-state index < -0.39 is 0 Å². The summed E-state index contributed by atoms with van der Waals surface area (Å²) in [5, 5.41) is 0. The lowest BCUT2D eigenvalue weighted by Gasteiger charge is -2.38. The van der Waals surface area contributed by atoms with Crippen LogP contribution in [0.15, 0.2) is 24.4 Å². The monoisotopic (exact) mass is 359 g/mol. The van der Waals surface area contributed by atoms with Gasteiger partial charge >= 0.3 is 0 Å². The number of amides is 1. The molecular formula is C20H29N3O3. The van der Waals surface area contributed by atoms with Crippen LogP contribution in [0.2, 0.25) is 0 Å². The Bertz CT molecular complexity index is 596. The predicted molar refractivity (Wildman–Crippen MR) is 97.6 cm³/mol. The van der Waals surface area contributed by atoms with E-state index >= 15 is 0 Å². The van der Waals surface area contributed by atoms with Crippen molar-refractivity contribution in [2.75, 3.05) is 39.4 Å². The van der Waals surface area contributed by atoms with E-state index in [0.717, 1.165) is 70.5 Å². The highest BCUT2D eigenvalue weighted by atomic mass is 16.6. The van der Waals surface area contributed by atoms with Gasteiger partial charge in [-0.15, -0.1) is 0 Å². The van der Waals surface area contributed by atoms with Gasteiger partial charge < -0.3 is 14.4 Å². The molecule has 142 valence electrons. The Balaban J connectivity index is 1.20. The van der Waals surface area contributed by atoms with Gasteiger partial charge in [-0.05, 0) is 37.8 Å². The van der Waals surface area contributed by atoms with E-state index in [1.54, 1.807) is 0 Å². The molecule has 1 amide bonds. The third-order valence-electron chi connectivity index (χ3n) is 5.96. The van der Waals surface area contributed by atoms with Gasteiger partial charge in [0.25, 0.3) is 0 Å². The van der Waals surface area contributed by atoms with E-state index in [0.29, 0.717) is 6.61 Å². The number of nitrogens with zero attached hydrogens (tertiary/aromatic N) is 3. The molecule has 3 fully saturated rings. The van der Waals surface area contributed by atoms with Gasteiger partial charge in [0.15, 0.2) is 0 Å². The molecule has 3 aliphatic heterocycles. The third-order valence-corrected chi connectivity index (χ3v) is 5.96. The highest BCUT2D eigenvalue weighted by Gasteiger charge is 2.43. The Morgan fingerprint density at radius 1 is 1.23 bits per heavy atom. The number of ether oxygens (including phenoxy) is 2. The second-order valence-electron chi connectivity index (χ2n) is 7.82. The van der Waals surface area contributed by atoms with Crippen molar-refractivity contribution >= 4 is 5.91 Å². The van der Waals surface area contributed by atoms with Gasteiger partial charge in [0.05, 0.1) is 24.0 Å². The second kappa shape index (κ2) is 8.03. The minimum Gasteiger partial charge on any atom is -0.372 e. The number of rotatable bonds is 5. The van der Waals surface area contributed by atoms with Crippen molar-refractivity contribution < 1.29 is 14.3 Å². The number of carbonyl (C=O) groups is 1. The molecular weight excluding hydrogens is 330 g/mol. The predicted octanol–water partition coefficient (Wildman–Crippen LogP) is 1.84. The van der Waals surface area contributed by atoms with E-state index in [2.05, 4.69) is 16.0 Å². The molecule has 0 radical (unpaired) electrons. The zero-order valence-corrected chi connectivity index (χ0v) is 15.4. The minimum atomic E-state index is -0.0536. The van der Waals surface area contributed by atoms with Crippen LogP contribution in [0.4, 0.5) is 0 Å². The van der Waals surface area contributed by atoms with E-state index in [1.165, 1.54) is 0 Å². The Morgan fingerprint density at radius 2 is 2.04 bits per heavy atom. The van der Waals surface area contributed by atoms with Gasteiger partial charge in [0.1, 0.15) is 6.61 Å². The van der Waals surface area contributed by atoms with Crippen LogP contribution < -0.4 is 0 Å². The molecule has 0 N–H and O–H groups in total. The normalized spacial score (nSPS) is 25.8. The van der Waals surface area contributed by atoms with Crippen molar-refractivity contribution in [1.82, 2.24) is 14.8 Å². The van der Waals surface area contributed by atoms with Gasteiger partial charge in [0.2, 0.25) is 5.91 Å². The number of likely N-dealkylation sites (tertiary alicyclic amines) is 2. The molecule has 26 heavy (non-hydrogen) atoms. The lowest BCUT2D eigenvalue weighted by Crippen LogP contribution is -2.44. The molecule has 0 saturated carbocycles. The molecule has 0 aliphatic carbocycles. The molecule has 4 heterocycles. The molecule has 1 aromatic rings. The minimum absolute atomic E-state index is 0.0536. The fourth-order valence-corrected chi connectivity index (χ4v) is 4.34. The van der Waals surface area contributed by atoms with Crippen molar-refractivity contribution in [3.8, 4) is 0 Å². The average Bonchev–Trinajstić information content (AvgIpc) is 3.34. The molecule has 1 spiro atoms. The topological polar surface area (TPSA) is 54.9 Å². The number of carbonyl (C=O) groups excluding carboxylic acids is 1. The summed E-state index contributed by atoms with van der Waals surface area (Å²) >= 11 is 0. The number of hydrogen-bond donors (Lipinski definition) is 0. The van der Waals surface area contributed by atoms with Crippen LogP contribution in [-0.2, 0) is 20.8 Å². The summed E-state index contributed by atoms with van der Waals surface area (Å²) < 4.78 is 12.0. The van der Waals surface area contributed by atoms with E-state index in [1.807, 2.05) is 23.2 Å². The summed E-state index contributed by atoms with van der Waals surface area (Å²) in [7, 11) is 0. The Morgan fingerprint density at radius 3 is 2.77 bits per heavy atom. The van der Waals surface area contributed by atoms with Gasteiger partial charge in [0, 0.05) is 45.3 Å². The fourth-order valence-electron chi connectivity index (χ4n) is 4.34. The number of hydrogen-bond acceptors (Lipinski definition) is 5. The first-order valence-electron chi connectivity index (χ1n) is 9.88. The molecule has 6 nitrogen and oxygen atoms in total. The lowest BCUT2D eigenvalue weighted by atomic mass is 9.88. The molecule has 6 heteroatoms. The first kappa shape index (κ1) is 17.9. The van der Waals surface area contributed by atoms with Gasteiger partial charge in [-0.3, -0.25) is 14.7 Å². The SMILES string of the molecule is O=C(CO[C@@H]1COC2(CCN(Cc3ccccn3)CC2)C1)N1CCCC1. The summed E-state index contributed by atoms with van der Waals surface area (Å²) in [4.78, 5) is 20.9. The maximum atomic E-state index is 12.1. The Labute approximate surface area is 155 Å². The van der Waals surface area contributed by atoms with Crippen LogP contribution >= 0.6 is 0 Å². The molecule has 3 saturated heterocycles. The fraction of sp³-hybridized carbons (Fsp3) is 0.700. The average molecular weight is 359 g/mol. The Hall–Kier alpha value is -1.50. The Kier molecular flexibility index (Phi) is 5.52. The number of pyridine rings is 1.